The first-order chi connectivity index (χ1) is 9.83. The van der Waals surface area contributed by atoms with Gasteiger partial charge in [0.2, 0.25) is 0 Å². The van der Waals surface area contributed by atoms with E-state index in [2.05, 4.69) is 17.1 Å². The summed E-state index contributed by atoms with van der Waals surface area (Å²) in [6.07, 6.45) is 7.81. The van der Waals surface area contributed by atoms with Crippen LogP contribution in [0.5, 0.6) is 0 Å². The molecule has 20 heavy (non-hydrogen) atoms. The Labute approximate surface area is 120 Å². The van der Waals surface area contributed by atoms with Crippen molar-refractivity contribution in [3.8, 4) is 0 Å². The highest BCUT2D eigenvalue weighted by Gasteiger charge is 2.31. The highest BCUT2D eigenvalue weighted by Crippen LogP contribution is 2.32. The topological polar surface area (TPSA) is 48.1 Å². The Balaban J connectivity index is 1.79. The third kappa shape index (κ3) is 2.69. The lowest BCUT2D eigenvalue weighted by atomic mass is 9.84. The maximum absolute atomic E-state index is 6.26. The summed E-state index contributed by atoms with van der Waals surface area (Å²) in [4.78, 5) is 4.39. The number of hydrogen-bond acceptors (Lipinski definition) is 3. The molecule has 0 bridgehead atoms. The molecule has 3 rings (SSSR count). The molecule has 0 saturated heterocycles. The molecule has 3 nitrogen and oxygen atoms in total. The molecule has 106 valence electrons. The van der Waals surface area contributed by atoms with Crippen molar-refractivity contribution in [1.29, 1.82) is 0 Å². The second kappa shape index (κ2) is 5.90. The molecule has 1 aromatic heterocycles. The molecule has 0 spiro atoms. The van der Waals surface area contributed by atoms with Gasteiger partial charge in [0.1, 0.15) is 0 Å². The molecule has 0 atom stereocenters. The first kappa shape index (κ1) is 13.5. The summed E-state index contributed by atoms with van der Waals surface area (Å²) in [6, 6.07) is 10.3. The zero-order valence-electron chi connectivity index (χ0n) is 11.8. The average molecular weight is 270 g/mol. The van der Waals surface area contributed by atoms with Crippen molar-refractivity contribution in [3.05, 3.63) is 42.1 Å². The van der Waals surface area contributed by atoms with Crippen molar-refractivity contribution >= 4 is 10.9 Å². The normalized spacial score (nSPS) is 18.2. The van der Waals surface area contributed by atoms with Crippen LogP contribution in [0, 0.1) is 0 Å². The Kier molecular flexibility index (Phi) is 3.99. The summed E-state index contributed by atoms with van der Waals surface area (Å²) in [6.45, 7) is 1.25. The second-order valence-electron chi connectivity index (χ2n) is 5.72. The molecule has 1 aliphatic rings. The van der Waals surface area contributed by atoms with E-state index in [0.717, 1.165) is 18.4 Å². The molecule has 3 heteroatoms. The number of pyridine rings is 1. The van der Waals surface area contributed by atoms with Crippen molar-refractivity contribution in [3.63, 3.8) is 0 Å². The van der Waals surface area contributed by atoms with Crippen molar-refractivity contribution < 1.29 is 4.74 Å². The Hall–Kier alpha value is -1.45. The number of fused-ring (bicyclic) bond motifs is 1. The van der Waals surface area contributed by atoms with Crippen LogP contribution >= 0.6 is 0 Å². The molecule has 0 aliphatic heterocycles. The molecule has 1 aliphatic carbocycles. The number of benzene rings is 1. The van der Waals surface area contributed by atoms with Crippen LogP contribution in [0.3, 0.4) is 0 Å². The quantitative estimate of drug-likeness (QED) is 0.926. The minimum absolute atomic E-state index is 0.109. The van der Waals surface area contributed by atoms with Gasteiger partial charge < -0.3 is 10.5 Å². The molecule has 1 saturated carbocycles. The number of ether oxygens (including phenoxy) is 1. The molecule has 0 unspecified atom stereocenters. The van der Waals surface area contributed by atoms with E-state index < -0.39 is 0 Å². The van der Waals surface area contributed by atoms with E-state index in [0.29, 0.717) is 13.2 Å². The minimum atomic E-state index is -0.109. The van der Waals surface area contributed by atoms with Crippen molar-refractivity contribution in [2.24, 2.45) is 5.73 Å². The summed E-state index contributed by atoms with van der Waals surface area (Å²) in [7, 11) is 0. The fourth-order valence-electron chi connectivity index (χ4n) is 3.12. The van der Waals surface area contributed by atoms with Gasteiger partial charge in [0.15, 0.2) is 0 Å². The van der Waals surface area contributed by atoms with Crippen LogP contribution < -0.4 is 5.73 Å². The number of hydrogen-bond donors (Lipinski definition) is 1. The van der Waals surface area contributed by atoms with Crippen molar-refractivity contribution in [2.45, 2.75) is 44.3 Å². The van der Waals surface area contributed by atoms with Crippen LogP contribution in [0.4, 0.5) is 0 Å². The fraction of sp³-hybridized carbons (Fsp3) is 0.471. The van der Waals surface area contributed by atoms with Crippen LogP contribution in [0.15, 0.2) is 36.5 Å². The third-order valence-corrected chi connectivity index (χ3v) is 4.41. The SMILES string of the molecule is NCC1(OCc2ccnc3ccccc23)CCCCC1. The number of aromatic nitrogens is 1. The minimum Gasteiger partial charge on any atom is -0.369 e. The van der Waals surface area contributed by atoms with E-state index in [-0.39, 0.29) is 5.60 Å². The van der Waals surface area contributed by atoms with Gasteiger partial charge in [0.25, 0.3) is 0 Å². The van der Waals surface area contributed by atoms with Crippen LogP contribution in [-0.2, 0) is 11.3 Å². The molecule has 1 fully saturated rings. The smallest absolute Gasteiger partial charge is 0.0808 e. The highest BCUT2D eigenvalue weighted by molar-refractivity contribution is 5.81. The van der Waals surface area contributed by atoms with Gasteiger partial charge in [-0.2, -0.15) is 0 Å². The molecule has 2 aromatic rings. The van der Waals surface area contributed by atoms with Crippen LogP contribution in [0.2, 0.25) is 0 Å². The Morgan fingerprint density at radius 1 is 1.10 bits per heavy atom. The number of nitrogens with two attached hydrogens (primary N) is 1. The number of rotatable bonds is 4. The third-order valence-electron chi connectivity index (χ3n) is 4.41. The van der Waals surface area contributed by atoms with E-state index in [1.165, 1.54) is 30.2 Å². The molecule has 0 amide bonds. The van der Waals surface area contributed by atoms with Gasteiger partial charge >= 0.3 is 0 Å². The standard InChI is InChI=1S/C17H22N2O/c18-13-17(9-4-1-5-10-17)20-12-14-8-11-19-16-7-3-2-6-15(14)16/h2-3,6-8,11H,1,4-5,9-10,12-13,18H2. The summed E-state index contributed by atoms with van der Waals surface area (Å²) in [5.74, 6) is 0. The van der Waals surface area contributed by atoms with E-state index in [1.807, 2.05) is 24.4 Å². The van der Waals surface area contributed by atoms with Gasteiger partial charge in [-0.25, -0.2) is 0 Å². The molecule has 1 aromatic carbocycles. The summed E-state index contributed by atoms with van der Waals surface area (Å²) in [5.41, 5.74) is 8.10. The molecule has 2 N–H and O–H groups in total. The van der Waals surface area contributed by atoms with Crippen molar-refractivity contribution in [1.82, 2.24) is 4.98 Å². The molecular weight excluding hydrogens is 248 g/mol. The first-order valence-electron chi connectivity index (χ1n) is 7.50. The largest absolute Gasteiger partial charge is 0.369 e. The predicted molar refractivity (Wildman–Crippen MR) is 81.4 cm³/mol. The fourth-order valence-corrected chi connectivity index (χ4v) is 3.12. The molecule has 0 radical (unpaired) electrons. The number of para-hydroxylation sites is 1. The van der Waals surface area contributed by atoms with Crippen LogP contribution in [0.1, 0.15) is 37.7 Å². The Morgan fingerprint density at radius 2 is 1.90 bits per heavy atom. The maximum Gasteiger partial charge on any atom is 0.0808 e. The summed E-state index contributed by atoms with van der Waals surface area (Å²) >= 11 is 0. The maximum atomic E-state index is 6.26. The van der Waals surface area contributed by atoms with E-state index in [9.17, 15) is 0 Å². The van der Waals surface area contributed by atoms with Crippen LogP contribution in [0.25, 0.3) is 10.9 Å². The average Bonchev–Trinajstić information content (AvgIpc) is 2.54. The Bertz CT molecular complexity index is 571. The van der Waals surface area contributed by atoms with Gasteiger partial charge in [0, 0.05) is 18.1 Å². The molecular formula is C17H22N2O. The monoisotopic (exact) mass is 270 g/mol. The predicted octanol–water partition coefficient (Wildman–Crippen LogP) is 3.41. The summed E-state index contributed by atoms with van der Waals surface area (Å²) < 4.78 is 6.26. The van der Waals surface area contributed by atoms with E-state index >= 15 is 0 Å². The zero-order chi connectivity index (χ0) is 13.8. The lowest BCUT2D eigenvalue weighted by Crippen LogP contribution is -2.42. The van der Waals surface area contributed by atoms with Gasteiger partial charge in [-0.1, -0.05) is 37.5 Å². The van der Waals surface area contributed by atoms with Gasteiger partial charge in [-0.05, 0) is 30.5 Å². The second-order valence-corrected chi connectivity index (χ2v) is 5.72. The number of nitrogens with zero attached hydrogens (tertiary/aromatic N) is 1. The first-order valence-corrected chi connectivity index (χ1v) is 7.50. The Morgan fingerprint density at radius 3 is 2.70 bits per heavy atom. The van der Waals surface area contributed by atoms with Gasteiger partial charge in [-0.3, -0.25) is 4.98 Å². The van der Waals surface area contributed by atoms with Crippen molar-refractivity contribution in [2.75, 3.05) is 6.54 Å². The molecule has 1 heterocycles. The van der Waals surface area contributed by atoms with E-state index in [1.54, 1.807) is 0 Å². The van der Waals surface area contributed by atoms with Gasteiger partial charge in [-0.15, -0.1) is 0 Å². The summed E-state index contributed by atoms with van der Waals surface area (Å²) in [5, 5.41) is 1.18. The van der Waals surface area contributed by atoms with Crippen LogP contribution in [-0.4, -0.2) is 17.1 Å². The lowest BCUT2D eigenvalue weighted by molar-refractivity contribution is -0.0730. The van der Waals surface area contributed by atoms with Gasteiger partial charge in [0.05, 0.1) is 17.7 Å². The lowest BCUT2D eigenvalue weighted by Gasteiger charge is -2.36. The zero-order valence-corrected chi connectivity index (χ0v) is 11.8. The van der Waals surface area contributed by atoms with E-state index in [4.69, 9.17) is 10.5 Å². The highest BCUT2D eigenvalue weighted by atomic mass is 16.5.